The predicted molar refractivity (Wildman–Crippen MR) is 417 cm³/mol. The van der Waals surface area contributed by atoms with Crippen molar-refractivity contribution in [1.82, 2.24) is 45.2 Å². The zero-order chi connectivity index (χ0) is 76.9. The monoisotopic (exact) mass is 1500 g/mol. The maximum atomic E-state index is 12.8. The first-order valence-electron chi connectivity index (χ1n) is 36.8. The molecular formula is C78H94Cl2N22O6. The van der Waals surface area contributed by atoms with Crippen molar-refractivity contribution in [2.75, 3.05) is 118 Å². The van der Waals surface area contributed by atoms with Crippen LogP contribution in [0.4, 0.5) is 56.8 Å². The second kappa shape index (κ2) is 38.0. The number of nitriles is 3. The second-order valence-corrected chi connectivity index (χ2v) is 29.6. The number of rotatable bonds is 19. The number of nitrogens with zero attached hydrogens (tertiary/aromatic N) is 18. The molecule has 4 aliphatic heterocycles. The lowest BCUT2D eigenvalue weighted by Crippen LogP contribution is -2.49. The van der Waals surface area contributed by atoms with Crippen LogP contribution < -0.4 is 56.0 Å². The number of para-hydroxylation sites is 3. The Bertz CT molecular complexity index is 4360. The molecule has 4 atom stereocenters. The van der Waals surface area contributed by atoms with Gasteiger partial charge in [0.25, 0.3) is 5.91 Å². The van der Waals surface area contributed by atoms with Crippen molar-refractivity contribution in [2.24, 2.45) is 23.5 Å². The molecule has 30 heteroatoms. The highest BCUT2D eigenvalue weighted by Crippen LogP contribution is 2.33. The smallest absolute Gasteiger partial charge is 0.407 e. The maximum Gasteiger partial charge on any atom is 0.407 e. The molecule has 0 radical (unpaired) electrons. The first kappa shape index (κ1) is 79.5. The highest BCUT2D eigenvalue weighted by Gasteiger charge is 2.32. The number of piperidine rings is 4. The molecule has 6 fully saturated rings. The molecule has 566 valence electrons. The van der Waals surface area contributed by atoms with E-state index in [9.17, 15) is 29.2 Å². The Morgan fingerprint density at radius 2 is 0.824 bits per heavy atom. The summed E-state index contributed by atoms with van der Waals surface area (Å²) in [7, 11) is 5.46. The standard InChI is InChI=1S/C22H28N6O2.C22H26N6O.C19H20ClN5O.C15H20ClN5O2/c1-27(17-7-3-2-4-8-17)19(29)12-15-6-5-11-28(14-15)18-13-24-20(21(23)30)22(26-18)25-16-9-10-16;1-27(18-7-3-2-4-8-18)21(29)12-16-6-5-11-28(15-16)20-14-24-19(13-23)22(26-20)25-17-9-10-17;1-24(15-7-3-2-4-8-15)18(26)10-14-6-5-9-25(13-14)17-12-22-16(11-21)19(20)23-17;1-15(2,3)23-14(22)19-10-5-4-6-21(9-10)12-8-18-11(7-17)13(16)20-12/h2-4,7-8,13,15-16H,5-6,9-12,14H2,1H3,(H2,23,30)(H,25,26);2-4,7-8,14,16-17H,5-6,9-12,15H2,1H3,(H,25,26);2-4,7-8,12,14H,5-6,9-10,13H2,1H3;8,10H,4-6,9H2,1-3H3,(H,19,22)/t15-;16-;14-;10-/m0001/s1. The molecule has 8 heterocycles. The number of carbonyl (C=O) groups excluding carboxylic acids is 5. The third-order valence-electron chi connectivity index (χ3n) is 19.3. The van der Waals surface area contributed by atoms with Gasteiger partial charge in [-0.05, 0) is 152 Å². The lowest BCUT2D eigenvalue weighted by Gasteiger charge is -2.34. The van der Waals surface area contributed by atoms with E-state index in [1.807, 2.05) is 150 Å². The number of benzene rings is 3. The van der Waals surface area contributed by atoms with E-state index in [-0.39, 0.29) is 68.9 Å². The molecule has 4 aromatic heterocycles. The third-order valence-corrected chi connectivity index (χ3v) is 19.8. The van der Waals surface area contributed by atoms with Gasteiger partial charge in [-0.3, -0.25) is 19.2 Å². The maximum absolute atomic E-state index is 12.8. The third kappa shape index (κ3) is 23.2. The number of nitrogens with one attached hydrogen (secondary N) is 3. The van der Waals surface area contributed by atoms with Crippen LogP contribution in [0.5, 0.6) is 0 Å². The molecule has 2 saturated carbocycles. The van der Waals surface area contributed by atoms with Gasteiger partial charge in [0.2, 0.25) is 17.7 Å². The number of aromatic nitrogens is 8. The average Bonchev–Trinajstić information content (AvgIpc) is 1.02. The van der Waals surface area contributed by atoms with Crippen molar-refractivity contribution in [3.8, 4) is 18.2 Å². The fourth-order valence-electron chi connectivity index (χ4n) is 13.2. The minimum atomic E-state index is -0.580. The number of halogens is 2. The Morgan fingerprint density at radius 3 is 1.19 bits per heavy atom. The van der Waals surface area contributed by atoms with E-state index < -0.39 is 17.6 Å². The fourth-order valence-corrected chi connectivity index (χ4v) is 13.5. The van der Waals surface area contributed by atoms with Gasteiger partial charge in [0, 0.05) is 128 Å². The molecule has 6 aliphatic rings. The number of nitrogens with two attached hydrogens (primary N) is 1. The highest BCUT2D eigenvalue weighted by molar-refractivity contribution is 6.30. The number of hydrogen-bond donors (Lipinski definition) is 4. The summed E-state index contributed by atoms with van der Waals surface area (Å²) in [5, 5.41) is 36.7. The number of anilines is 9. The summed E-state index contributed by atoms with van der Waals surface area (Å²) in [4.78, 5) is 110. The van der Waals surface area contributed by atoms with E-state index in [0.717, 1.165) is 152 Å². The van der Waals surface area contributed by atoms with Crippen LogP contribution in [-0.4, -0.2) is 167 Å². The number of hydrogen-bond acceptors (Lipinski definition) is 23. The van der Waals surface area contributed by atoms with Crippen molar-refractivity contribution in [3.05, 3.63) is 149 Å². The zero-order valence-corrected chi connectivity index (χ0v) is 63.5. The molecule has 3 aromatic carbocycles. The quantitative estimate of drug-likeness (QED) is 0.0584. The van der Waals surface area contributed by atoms with Gasteiger partial charge in [-0.1, -0.05) is 77.8 Å². The van der Waals surface area contributed by atoms with Gasteiger partial charge < -0.3 is 60.7 Å². The van der Waals surface area contributed by atoms with Gasteiger partial charge in [-0.25, -0.2) is 44.7 Å². The van der Waals surface area contributed by atoms with E-state index in [4.69, 9.17) is 44.2 Å². The minimum Gasteiger partial charge on any atom is -0.444 e. The van der Waals surface area contributed by atoms with Crippen molar-refractivity contribution >= 4 is 105 Å². The summed E-state index contributed by atoms with van der Waals surface area (Å²) >= 11 is 11.9. The summed E-state index contributed by atoms with van der Waals surface area (Å²) in [5.41, 5.74) is 8.40. The van der Waals surface area contributed by atoms with Gasteiger partial charge >= 0.3 is 6.09 Å². The van der Waals surface area contributed by atoms with Gasteiger partial charge in [-0.15, -0.1) is 0 Å². The molecule has 4 saturated heterocycles. The van der Waals surface area contributed by atoms with E-state index in [1.54, 1.807) is 33.3 Å². The largest absolute Gasteiger partial charge is 0.444 e. The van der Waals surface area contributed by atoms with Gasteiger partial charge in [0.15, 0.2) is 44.7 Å². The molecule has 13 rings (SSSR count). The summed E-state index contributed by atoms with van der Waals surface area (Å²) < 4.78 is 5.28. The predicted octanol–water partition coefficient (Wildman–Crippen LogP) is 11.4. The molecule has 108 heavy (non-hydrogen) atoms. The van der Waals surface area contributed by atoms with E-state index in [1.165, 1.54) is 6.20 Å². The zero-order valence-electron chi connectivity index (χ0n) is 62.0. The second-order valence-electron chi connectivity index (χ2n) is 28.9. The van der Waals surface area contributed by atoms with Crippen molar-refractivity contribution < 1.29 is 28.7 Å². The van der Waals surface area contributed by atoms with Crippen molar-refractivity contribution in [2.45, 2.75) is 141 Å². The Morgan fingerprint density at radius 1 is 0.481 bits per heavy atom. The molecule has 7 aromatic rings. The first-order chi connectivity index (χ1) is 52.0. The van der Waals surface area contributed by atoms with Crippen molar-refractivity contribution in [3.63, 3.8) is 0 Å². The van der Waals surface area contributed by atoms with Crippen LogP contribution in [0.15, 0.2) is 116 Å². The van der Waals surface area contributed by atoms with Crippen LogP contribution in [0.25, 0.3) is 0 Å². The van der Waals surface area contributed by atoms with E-state index in [2.05, 4.69) is 76.6 Å². The van der Waals surface area contributed by atoms with Crippen LogP contribution in [0.2, 0.25) is 10.3 Å². The van der Waals surface area contributed by atoms with Crippen LogP contribution in [0.1, 0.15) is 145 Å². The summed E-state index contributed by atoms with van der Waals surface area (Å²) in [6, 6.07) is 35.7. The van der Waals surface area contributed by atoms with Gasteiger partial charge in [0.1, 0.15) is 47.1 Å². The van der Waals surface area contributed by atoms with E-state index in [0.29, 0.717) is 66.9 Å². The van der Waals surface area contributed by atoms with Crippen LogP contribution in [0.3, 0.4) is 0 Å². The van der Waals surface area contributed by atoms with Crippen LogP contribution in [-0.2, 0) is 19.1 Å². The molecule has 5 amide bonds. The lowest BCUT2D eigenvalue weighted by molar-refractivity contribution is -0.120. The Kier molecular flexibility index (Phi) is 28.0. The van der Waals surface area contributed by atoms with Gasteiger partial charge in [0.05, 0.1) is 24.8 Å². The summed E-state index contributed by atoms with van der Waals surface area (Å²) in [6.07, 6.45) is 19.6. The SMILES string of the molecule is CC(C)(C)OC(=O)N[C@@H]1CCCN(c2cnc(C#N)c(Cl)n2)C1.CN(C(=O)C[C@@H]1CCCN(c2cnc(C#N)c(Cl)n2)C1)c1ccccc1.CN(C(=O)C[C@@H]1CCCN(c2cnc(C#N)c(NC3CC3)n2)C1)c1ccccc1.CN(C(=O)C[C@@H]1CCCN(c2cnc(C(N)=O)c(NC3CC3)n2)C1)c1ccccc1. The number of primary amides is 1. The number of alkyl carbamates (subject to hydrolysis) is 1. The fraction of sp³-hybridized carbons (Fsp3) is 0.462. The van der Waals surface area contributed by atoms with Crippen LogP contribution >= 0.6 is 23.2 Å². The molecule has 0 spiro atoms. The first-order valence-corrected chi connectivity index (χ1v) is 37.5. The van der Waals surface area contributed by atoms with Crippen LogP contribution in [0, 0.1) is 51.7 Å². The average molecular weight is 1510 g/mol. The molecule has 28 nitrogen and oxygen atoms in total. The minimum absolute atomic E-state index is 0.0326. The molecule has 0 unspecified atom stereocenters. The van der Waals surface area contributed by atoms with Crippen molar-refractivity contribution in [1.29, 1.82) is 15.8 Å². The Labute approximate surface area is 641 Å². The molecular weight excluding hydrogens is 1410 g/mol. The Balaban J connectivity index is 0.000000154. The molecule has 5 N–H and O–H groups in total. The normalized spacial score (nSPS) is 18.2. The summed E-state index contributed by atoms with van der Waals surface area (Å²) in [6.45, 7) is 11.7. The number of amides is 5. The number of ether oxygens (including phenoxy) is 1. The topological polar surface area (TPSA) is 354 Å². The molecule has 0 bridgehead atoms. The summed E-state index contributed by atoms with van der Waals surface area (Å²) in [5.74, 6) is 4.33. The lowest BCUT2D eigenvalue weighted by atomic mass is 9.94. The van der Waals surface area contributed by atoms with Gasteiger partial charge in [-0.2, -0.15) is 15.8 Å². The molecule has 2 aliphatic carbocycles. The highest BCUT2D eigenvalue weighted by atomic mass is 35.5. The number of carbonyl (C=O) groups is 5. The van der Waals surface area contributed by atoms with E-state index >= 15 is 0 Å². The Hall–Kier alpha value is -11.0.